The predicted octanol–water partition coefficient (Wildman–Crippen LogP) is 3.60. The Morgan fingerprint density at radius 2 is 2.05 bits per heavy atom. The molecule has 0 aliphatic carbocycles. The van der Waals surface area contributed by atoms with Gasteiger partial charge in [0.15, 0.2) is 0 Å². The molecule has 0 saturated heterocycles. The van der Waals surface area contributed by atoms with E-state index in [-0.39, 0.29) is 12.1 Å². The Morgan fingerprint density at radius 3 is 2.71 bits per heavy atom. The summed E-state index contributed by atoms with van der Waals surface area (Å²) in [5.41, 5.74) is 7.14. The smallest absolute Gasteiger partial charge is 0.142 e. The van der Waals surface area contributed by atoms with E-state index in [1.165, 1.54) is 0 Å². The number of hydrogen-bond acceptors (Lipinski definition) is 4. The van der Waals surface area contributed by atoms with Crippen LogP contribution in [-0.4, -0.2) is 18.1 Å². The lowest BCUT2D eigenvalue weighted by atomic mass is 10.00. The molecule has 1 aromatic carbocycles. The van der Waals surface area contributed by atoms with E-state index in [2.05, 4.69) is 4.98 Å². The summed E-state index contributed by atoms with van der Waals surface area (Å²) in [6.45, 7) is 2.02. The molecule has 112 valence electrons. The fourth-order valence-corrected chi connectivity index (χ4v) is 2.26. The molecule has 2 atom stereocenters. The van der Waals surface area contributed by atoms with Crippen molar-refractivity contribution in [3.63, 3.8) is 0 Å². The minimum absolute atomic E-state index is 0.166. The third-order valence-electron chi connectivity index (χ3n) is 3.25. The Hall–Kier alpha value is -1.78. The molecule has 0 aliphatic rings. The fraction of sp³-hybridized carbons (Fsp3) is 0.312. The molecule has 2 N–H and O–H groups in total. The van der Waals surface area contributed by atoms with Crippen molar-refractivity contribution in [3.05, 3.63) is 53.3 Å². The molecular weight excluding hydrogens is 288 g/mol. The summed E-state index contributed by atoms with van der Waals surface area (Å²) in [6, 6.07) is 9.26. The summed E-state index contributed by atoms with van der Waals surface area (Å²) in [7, 11) is 1.63. The maximum absolute atomic E-state index is 6.22. The second-order valence-electron chi connectivity index (χ2n) is 4.69. The molecule has 0 saturated carbocycles. The van der Waals surface area contributed by atoms with Crippen LogP contribution >= 0.6 is 11.6 Å². The van der Waals surface area contributed by atoms with Crippen molar-refractivity contribution in [1.29, 1.82) is 0 Å². The summed E-state index contributed by atoms with van der Waals surface area (Å²) < 4.78 is 11.4. The predicted molar refractivity (Wildman–Crippen MR) is 83.9 cm³/mol. The quantitative estimate of drug-likeness (QED) is 0.886. The van der Waals surface area contributed by atoms with Crippen LogP contribution in [0.25, 0.3) is 0 Å². The number of nitrogens with zero attached hydrogens (tertiary/aromatic N) is 1. The second-order valence-corrected chi connectivity index (χ2v) is 5.13. The number of nitrogens with two attached hydrogens (primary N) is 1. The van der Waals surface area contributed by atoms with Crippen LogP contribution in [0.5, 0.6) is 11.5 Å². The first-order valence-electron chi connectivity index (χ1n) is 6.81. The average molecular weight is 307 g/mol. The lowest BCUT2D eigenvalue weighted by molar-refractivity contribution is 0.166. The molecule has 0 fully saturated rings. The molecule has 5 heteroatoms. The molecule has 4 nitrogen and oxygen atoms in total. The first-order chi connectivity index (χ1) is 10.2. The van der Waals surface area contributed by atoms with Crippen molar-refractivity contribution < 1.29 is 9.47 Å². The molecule has 2 unspecified atom stereocenters. The van der Waals surface area contributed by atoms with Crippen molar-refractivity contribution in [1.82, 2.24) is 4.98 Å². The molecule has 1 aromatic heterocycles. The maximum atomic E-state index is 6.22. The number of aromatic nitrogens is 1. The highest BCUT2D eigenvalue weighted by atomic mass is 35.5. The normalized spacial score (nSPS) is 13.5. The molecular formula is C16H19ClN2O2. The van der Waals surface area contributed by atoms with Gasteiger partial charge in [-0.15, -0.1) is 0 Å². The van der Waals surface area contributed by atoms with E-state index in [9.17, 15) is 0 Å². The minimum Gasteiger partial charge on any atom is -0.496 e. The van der Waals surface area contributed by atoms with Crippen LogP contribution in [0, 0.1) is 0 Å². The van der Waals surface area contributed by atoms with Crippen molar-refractivity contribution >= 4 is 11.6 Å². The van der Waals surface area contributed by atoms with E-state index in [0.717, 1.165) is 17.7 Å². The number of pyridine rings is 1. The molecule has 2 aromatic rings. The van der Waals surface area contributed by atoms with Gasteiger partial charge in [0.05, 0.1) is 18.3 Å². The van der Waals surface area contributed by atoms with Gasteiger partial charge in [-0.3, -0.25) is 4.98 Å². The monoisotopic (exact) mass is 306 g/mol. The zero-order valence-corrected chi connectivity index (χ0v) is 12.9. The molecule has 0 amide bonds. The van der Waals surface area contributed by atoms with Gasteiger partial charge in [-0.05, 0) is 12.5 Å². The number of methoxy groups -OCH3 is 1. The van der Waals surface area contributed by atoms with Crippen LogP contribution in [0.1, 0.15) is 25.0 Å². The standard InChI is InChI=1S/C16H19ClN2O2/c1-3-14(18)16(13-6-4-5-7-15(13)20-2)21-12-8-11(17)9-19-10-12/h4-10,14,16H,3,18H2,1-2H3. The van der Waals surface area contributed by atoms with Gasteiger partial charge in [0.25, 0.3) is 0 Å². The number of hydrogen-bond donors (Lipinski definition) is 1. The Bertz CT molecular complexity index is 592. The van der Waals surface area contributed by atoms with Crippen molar-refractivity contribution in [2.45, 2.75) is 25.5 Å². The van der Waals surface area contributed by atoms with E-state index in [4.69, 9.17) is 26.8 Å². The fourth-order valence-electron chi connectivity index (χ4n) is 2.10. The number of benzene rings is 1. The van der Waals surface area contributed by atoms with Gasteiger partial charge in [-0.2, -0.15) is 0 Å². The zero-order valence-electron chi connectivity index (χ0n) is 12.1. The summed E-state index contributed by atoms with van der Waals surface area (Å²) in [6.07, 6.45) is 3.63. The van der Waals surface area contributed by atoms with E-state index >= 15 is 0 Å². The van der Waals surface area contributed by atoms with Gasteiger partial charge >= 0.3 is 0 Å². The number of ether oxygens (including phenoxy) is 2. The molecule has 2 rings (SSSR count). The van der Waals surface area contributed by atoms with Crippen LogP contribution < -0.4 is 15.2 Å². The Balaban J connectivity index is 2.34. The van der Waals surface area contributed by atoms with Crippen LogP contribution in [0.2, 0.25) is 5.02 Å². The molecule has 0 radical (unpaired) electrons. The average Bonchev–Trinajstić information content (AvgIpc) is 2.52. The van der Waals surface area contributed by atoms with E-state index in [1.54, 1.807) is 25.6 Å². The Morgan fingerprint density at radius 1 is 1.29 bits per heavy atom. The molecule has 1 heterocycles. The van der Waals surface area contributed by atoms with Crippen LogP contribution in [0.15, 0.2) is 42.7 Å². The van der Waals surface area contributed by atoms with Crippen molar-refractivity contribution in [3.8, 4) is 11.5 Å². The van der Waals surface area contributed by atoms with Gasteiger partial charge < -0.3 is 15.2 Å². The highest BCUT2D eigenvalue weighted by molar-refractivity contribution is 6.30. The van der Waals surface area contributed by atoms with E-state index in [0.29, 0.717) is 10.8 Å². The van der Waals surface area contributed by atoms with Crippen LogP contribution in [0.3, 0.4) is 0 Å². The van der Waals surface area contributed by atoms with Crippen LogP contribution in [-0.2, 0) is 0 Å². The SMILES string of the molecule is CCC(N)C(Oc1cncc(Cl)c1)c1ccccc1OC. The zero-order chi connectivity index (χ0) is 15.2. The Kier molecular flexibility index (Phi) is 5.42. The second kappa shape index (κ2) is 7.29. The number of para-hydroxylation sites is 1. The van der Waals surface area contributed by atoms with E-state index in [1.807, 2.05) is 31.2 Å². The lowest BCUT2D eigenvalue weighted by Crippen LogP contribution is -2.31. The highest BCUT2D eigenvalue weighted by Crippen LogP contribution is 2.32. The molecule has 0 spiro atoms. The Labute approximate surface area is 129 Å². The number of halogens is 1. The summed E-state index contributed by atoms with van der Waals surface area (Å²) in [4.78, 5) is 4.03. The van der Waals surface area contributed by atoms with Crippen molar-refractivity contribution in [2.75, 3.05) is 7.11 Å². The lowest BCUT2D eigenvalue weighted by Gasteiger charge is -2.26. The van der Waals surface area contributed by atoms with Gasteiger partial charge in [-0.1, -0.05) is 36.7 Å². The summed E-state index contributed by atoms with van der Waals surface area (Å²) in [5, 5.41) is 0.524. The first kappa shape index (κ1) is 15.6. The highest BCUT2D eigenvalue weighted by Gasteiger charge is 2.24. The maximum Gasteiger partial charge on any atom is 0.142 e. The third-order valence-corrected chi connectivity index (χ3v) is 3.46. The molecule has 21 heavy (non-hydrogen) atoms. The molecule has 0 bridgehead atoms. The number of rotatable bonds is 6. The van der Waals surface area contributed by atoms with Crippen molar-refractivity contribution in [2.24, 2.45) is 5.73 Å². The summed E-state index contributed by atoms with van der Waals surface area (Å²) >= 11 is 5.95. The van der Waals surface area contributed by atoms with Gasteiger partial charge in [0.2, 0.25) is 0 Å². The third kappa shape index (κ3) is 3.86. The topological polar surface area (TPSA) is 57.4 Å². The first-order valence-corrected chi connectivity index (χ1v) is 7.19. The van der Waals surface area contributed by atoms with Gasteiger partial charge in [0, 0.05) is 23.9 Å². The van der Waals surface area contributed by atoms with Gasteiger partial charge in [0.1, 0.15) is 17.6 Å². The molecule has 0 aliphatic heterocycles. The van der Waals surface area contributed by atoms with E-state index < -0.39 is 0 Å². The van der Waals surface area contributed by atoms with Gasteiger partial charge in [-0.25, -0.2) is 0 Å². The minimum atomic E-state index is -0.327. The van der Waals surface area contributed by atoms with Crippen LogP contribution in [0.4, 0.5) is 0 Å². The summed E-state index contributed by atoms with van der Waals surface area (Å²) in [5.74, 6) is 1.34. The largest absolute Gasteiger partial charge is 0.496 e.